The van der Waals surface area contributed by atoms with E-state index < -0.39 is 10.0 Å². The van der Waals surface area contributed by atoms with Crippen LogP contribution in [0.25, 0.3) is 0 Å². The number of allylic oxidation sites excluding steroid dienone is 7. The van der Waals surface area contributed by atoms with E-state index in [0.29, 0.717) is 54.8 Å². The van der Waals surface area contributed by atoms with Gasteiger partial charge in [-0.25, -0.2) is 13.4 Å². The van der Waals surface area contributed by atoms with Gasteiger partial charge in [-0.05, 0) is 30.6 Å². The third kappa shape index (κ3) is 5.07. The first-order chi connectivity index (χ1) is 15.4. The molecule has 4 rings (SSSR count). The molecule has 172 valence electrons. The summed E-state index contributed by atoms with van der Waals surface area (Å²) in [4.78, 5) is 8.12. The van der Waals surface area contributed by atoms with Crippen LogP contribution in [0.5, 0.6) is 0 Å². The number of piperazine rings is 1. The molecule has 0 atom stereocenters. The summed E-state index contributed by atoms with van der Waals surface area (Å²) in [7, 11) is -3.60. The summed E-state index contributed by atoms with van der Waals surface area (Å²) >= 11 is 7.55. The molecule has 1 aromatic rings. The summed E-state index contributed by atoms with van der Waals surface area (Å²) in [5.74, 6) is 0.392. The SMILES string of the molecule is CC/C=C(\C=C1C=CC(Cl)=CC1)S(=O)(=O)N1CCN(C(=N)c2nc3c(s2)CNCC3)CC1. The number of fused-ring (bicyclic) bond motifs is 1. The molecule has 32 heavy (non-hydrogen) atoms. The van der Waals surface area contributed by atoms with Crippen LogP contribution < -0.4 is 5.32 Å². The summed E-state index contributed by atoms with van der Waals surface area (Å²) in [6.45, 7) is 5.33. The third-order valence-electron chi connectivity index (χ3n) is 5.72. The van der Waals surface area contributed by atoms with Crippen LogP contribution in [-0.4, -0.2) is 61.2 Å². The number of aromatic nitrogens is 1. The second-order valence-corrected chi connectivity index (χ2v) is 11.4. The van der Waals surface area contributed by atoms with Crippen molar-refractivity contribution in [3.8, 4) is 0 Å². The van der Waals surface area contributed by atoms with Crippen LogP contribution in [0, 0.1) is 5.41 Å². The molecule has 0 spiro atoms. The molecule has 3 heterocycles. The number of sulfonamides is 1. The average Bonchev–Trinajstić information content (AvgIpc) is 3.24. The topological polar surface area (TPSA) is 89.4 Å². The Hall–Kier alpha value is -1.78. The number of hydrogen-bond donors (Lipinski definition) is 2. The molecule has 0 saturated carbocycles. The zero-order valence-electron chi connectivity index (χ0n) is 18.1. The van der Waals surface area contributed by atoms with E-state index in [2.05, 4.69) is 10.3 Å². The monoisotopic (exact) mass is 493 g/mol. The van der Waals surface area contributed by atoms with Crippen molar-refractivity contribution in [2.24, 2.45) is 0 Å². The summed E-state index contributed by atoms with van der Waals surface area (Å²) in [6.07, 6.45) is 11.2. The Bertz CT molecular complexity index is 1090. The Morgan fingerprint density at radius 2 is 2.09 bits per heavy atom. The van der Waals surface area contributed by atoms with Crippen molar-refractivity contribution in [3.63, 3.8) is 0 Å². The molecule has 1 aromatic heterocycles. The predicted molar refractivity (Wildman–Crippen MR) is 131 cm³/mol. The lowest BCUT2D eigenvalue weighted by atomic mass is 10.1. The highest BCUT2D eigenvalue weighted by atomic mass is 35.5. The fraction of sp³-hybridized carbons (Fsp3) is 0.455. The summed E-state index contributed by atoms with van der Waals surface area (Å²) < 4.78 is 28.2. The zero-order valence-corrected chi connectivity index (χ0v) is 20.5. The summed E-state index contributed by atoms with van der Waals surface area (Å²) in [6, 6.07) is 0. The Balaban J connectivity index is 1.43. The van der Waals surface area contributed by atoms with E-state index in [0.717, 1.165) is 35.8 Å². The van der Waals surface area contributed by atoms with Crippen LogP contribution in [0.15, 0.2) is 45.9 Å². The summed E-state index contributed by atoms with van der Waals surface area (Å²) in [5.41, 5.74) is 2.00. The average molecular weight is 494 g/mol. The number of amidine groups is 1. The minimum Gasteiger partial charge on any atom is -0.352 e. The van der Waals surface area contributed by atoms with Gasteiger partial charge in [-0.2, -0.15) is 4.31 Å². The van der Waals surface area contributed by atoms with Gasteiger partial charge in [-0.1, -0.05) is 36.8 Å². The molecule has 0 radical (unpaired) electrons. The van der Waals surface area contributed by atoms with Crippen molar-refractivity contribution >= 4 is 38.8 Å². The van der Waals surface area contributed by atoms with Gasteiger partial charge in [0.1, 0.15) is 0 Å². The van der Waals surface area contributed by atoms with Crippen molar-refractivity contribution < 1.29 is 8.42 Å². The molecule has 1 fully saturated rings. The van der Waals surface area contributed by atoms with Crippen LogP contribution in [0.1, 0.15) is 35.3 Å². The lowest BCUT2D eigenvalue weighted by molar-refractivity contribution is 0.267. The van der Waals surface area contributed by atoms with Gasteiger partial charge in [0.15, 0.2) is 10.8 Å². The zero-order chi connectivity index (χ0) is 22.7. The lowest BCUT2D eigenvalue weighted by Gasteiger charge is -2.35. The number of rotatable bonds is 5. The van der Waals surface area contributed by atoms with Gasteiger partial charge in [0, 0.05) is 55.6 Å². The first kappa shape index (κ1) is 23.4. The molecule has 2 aliphatic heterocycles. The fourth-order valence-corrected chi connectivity index (χ4v) is 6.75. The molecule has 0 amide bonds. The molecule has 1 aliphatic carbocycles. The Morgan fingerprint density at radius 1 is 1.31 bits per heavy atom. The van der Waals surface area contributed by atoms with Gasteiger partial charge >= 0.3 is 0 Å². The van der Waals surface area contributed by atoms with Gasteiger partial charge < -0.3 is 10.2 Å². The molecule has 7 nitrogen and oxygen atoms in total. The van der Waals surface area contributed by atoms with E-state index >= 15 is 0 Å². The first-order valence-electron chi connectivity index (χ1n) is 10.9. The number of hydrogen-bond acceptors (Lipinski definition) is 6. The number of thiazole rings is 1. The largest absolute Gasteiger partial charge is 0.352 e. The number of nitrogens with one attached hydrogen (secondary N) is 2. The van der Waals surface area contributed by atoms with Gasteiger partial charge in [-0.3, -0.25) is 5.41 Å². The van der Waals surface area contributed by atoms with E-state index in [1.807, 2.05) is 24.0 Å². The molecule has 0 bridgehead atoms. The van der Waals surface area contributed by atoms with Crippen molar-refractivity contribution in [2.75, 3.05) is 32.7 Å². The standard InChI is InChI=1S/C22H28ClN5O2S2/c1-2-3-18(14-16-4-6-17(23)7-5-16)32(29,30)28-12-10-27(11-13-28)21(24)22-26-19-8-9-25-15-20(19)31-22/h3-4,6-7,14,24-25H,2,5,8-13,15H2,1H3/b16-14?,18-3+,24-21?. The second-order valence-electron chi connectivity index (χ2n) is 7.92. The van der Waals surface area contributed by atoms with E-state index in [-0.39, 0.29) is 0 Å². The van der Waals surface area contributed by atoms with Gasteiger partial charge in [0.05, 0.1) is 10.6 Å². The smallest absolute Gasteiger partial charge is 0.242 e. The van der Waals surface area contributed by atoms with Gasteiger partial charge in [-0.15, -0.1) is 11.3 Å². The molecular weight excluding hydrogens is 466 g/mol. The van der Waals surface area contributed by atoms with E-state index in [9.17, 15) is 8.42 Å². The quantitative estimate of drug-likeness (QED) is 0.485. The van der Waals surface area contributed by atoms with E-state index in [1.165, 1.54) is 9.18 Å². The Morgan fingerprint density at radius 3 is 2.75 bits per heavy atom. The molecule has 0 aromatic carbocycles. The van der Waals surface area contributed by atoms with Crippen molar-refractivity contribution in [1.29, 1.82) is 5.41 Å². The molecule has 2 N–H and O–H groups in total. The third-order valence-corrected chi connectivity index (χ3v) is 9.03. The molecule has 0 unspecified atom stereocenters. The maximum absolute atomic E-state index is 13.4. The molecule has 3 aliphatic rings. The van der Waals surface area contributed by atoms with E-state index in [4.69, 9.17) is 17.0 Å². The van der Waals surface area contributed by atoms with E-state index in [1.54, 1.807) is 29.6 Å². The van der Waals surface area contributed by atoms with Gasteiger partial charge in [0.25, 0.3) is 0 Å². The van der Waals surface area contributed by atoms with Gasteiger partial charge in [0.2, 0.25) is 10.0 Å². The Labute approximate surface area is 198 Å². The maximum Gasteiger partial charge on any atom is 0.242 e. The highest BCUT2D eigenvalue weighted by Gasteiger charge is 2.31. The highest BCUT2D eigenvalue weighted by Crippen LogP contribution is 2.26. The molecule has 10 heteroatoms. The van der Waals surface area contributed by atoms with Crippen LogP contribution >= 0.6 is 22.9 Å². The number of halogens is 1. The van der Waals surface area contributed by atoms with Crippen molar-refractivity contribution in [1.82, 2.24) is 19.5 Å². The highest BCUT2D eigenvalue weighted by molar-refractivity contribution is 7.93. The van der Waals surface area contributed by atoms with Crippen LogP contribution in [0.3, 0.4) is 0 Å². The lowest BCUT2D eigenvalue weighted by Crippen LogP contribution is -2.50. The summed E-state index contributed by atoms with van der Waals surface area (Å²) in [5, 5.41) is 13.3. The minimum atomic E-state index is -3.60. The van der Waals surface area contributed by atoms with Crippen molar-refractivity contribution in [2.45, 2.75) is 32.7 Å². The normalized spacial score (nSPS) is 21.6. The number of nitrogens with zero attached hydrogens (tertiary/aromatic N) is 3. The van der Waals surface area contributed by atoms with Crippen molar-refractivity contribution in [3.05, 3.63) is 61.5 Å². The Kier molecular flexibility index (Phi) is 7.31. The molecular formula is C22H28ClN5O2S2. The fourth-order valence-electron chi connectivity index (χ4n) is 3.93. The maximum atomic E-state index is 13.4. The van der Waals surface area contributed by atoms with Crippen LogP contribution in [0.4, 0.5) is 0 Å². The predicted octanol–water partition coefficient (Wildman–Crippen LogP) is 3.36. The second kappa shape index (κ2) is 10.0. The first-order valence-corrected chi connectivity index (χ1v) is 13.5. The van der Waals surface area contributed by atoms with Crippen LogP contribution in [-0.2, 0) is 23.0 Å². The van der Waals surface area contributed by atoms with Crippen LogP contribution in [0.2, 0.25) is 0 Å². The minimum absolute atomic E-state index is 0.328. The molecule has 1 saturated heterocycles.